The molecule has 0 spiro atoms. The van der Waals surface area contributed by atoms with Crippen LogP contribution in [0.4, 0.5) is 0 Å². The molecule has 3 heteroatoms. The van der Waals surface area contributed by atoms with Gasteiger partial charge in [0.25, 0.3) is 0 Å². The minimum absolute atomic E-state index is 0.403. The first-order valence-electron chi connectivity index (χ1n) is 6.17. The van der Waals surface area contributed by atoms with Crippen LogP contribution in [0.3, 0.4) is 0 Å². The molecule has 0 aliphatic carbocycles. The van der Waals surface area contributed by atoms with Gasteiger partial charge < -0.3 is 10.2 Å². The van der Waals surface area contributed by atoms with Gasteiger partial charge in [-0.25, -0.2) is 4.79 Å². The zero-order chi connectivity index (χ0) is 14.3. The molecule has 1 unspecified atom stereocenters. The number of hydrogen-bond acceptors (Lipinski definition) is 2. The van der Waals surface area contributed by atoms with E-state index in [1.54, 1.807) is 30.3 Å². The van der Waals surface area contributed by atoms with Crippen LogP contribution >= 0.6 is 0 Å². The predicted molar refractivity (Wildman–Crippen MR) is 73.1 cm³/mol. The molecule has 100 valence electrons. The predicted octanol–water partition coefficient (Wildman–Crippen LogP) is 3.88. The van der Waals surface area contributed by atoms with Crippen molar-refractivity contribution in [3.63, 3.8) is 0 Å². The molecule has 0 aromatic heterocycles. The Kier molecular flexibility index (Phi) is 21.1. The Morgan fingerprint density at radius 3 is 1.59 bits per heavy atom. The van der Waals surface area contributed by atoms with E-state index >= 15 is 0 Å². The van der Waals surface area contributed by atoms with Crippen LogP contribution in [-0.4, -0.2) is 16.2 Å². The average Bonchev–Trinajstić information content (AvgIpc) is 2.45. The van der Waals surface area contributed by atoms with Crippen molar-refractivity contribution in [2.75, 3.05) is 0 Å². The van der Waals surface area contributed by atoms with Gasteiger partial charge in [-0.3, -0.25) is 0 Å². The number of benzene rings is 1. The SMILES string of the molecule is CC.CC.CC.O=C(O)C(O)c1ccccc1. The van der Waals surface area contributed by atoms with Gasteiger partial charge in [0.15, 0.2) is 6.10 Å². The number of carboxylic acids is 1. The molecule has 0 radical (unpaired) electrons. The quantitative estimate of drug-likeness (QED) is 0.827. The van der Waals surface area contributed by atoms with Crippen LogP contribution in [0.15, 0.2) is 30.3 Å². The molecule has 1 aromatic rings. The number of rotatable bonds is 2. The molecule has 17 heavy (non-hydrogen) atoms. The minimum Gasteiger partial charge on any atom is -0.479 e. The minimum atomic E-state index is -1.41. The molecule has 2 N–H and O–H groups in total. The summed E-state index contributed by atoms with van der Waals surface area (Å²) in [6, 6.07) is 8.26. The number of aliphatic hydroxyl groups is 1. The van der Waals surface area contributed by atoms with Gasteiger partial charge in [0, 0.05) is 0 Å². The lowest BCUT2D eigenvalue weighted by molar-refractivity contribution is -0.146. The van der Waals surface area contributed by atoms with Crippen molar-refractivity contribution in [2.45, 2.75) is 47.6 Å². The lowest BCUT2D eigenvalue weighted by atomic mass is 10.1. The Hall–Kier alpha value is -1.35. The van der Waals surface area contributed by atoms with Gasteiger partial charge in [-0.05, 0) is 5.56 Å². The zero-order valence-corrected chi connectivity index (χ0v) is 11.8. The summed E-state index contributed by atoms with van der Waals surface area (Å²) in [5, 5.41) is 17.4. The van der Waals surface area contributed by atoms with Crippen LogP contribution in [0.1, 0.15) is 53.2 Å². The summed E-state index contributed by atoms with van der Waals surface area (Å²) in [6.45, 7) is 12.0. The van der Waals surface area contributed by atoms with E-state index in [0.29, 0.717) is 5.56 Å². The standard InChI is InChI=1S/C8H8O3.3C2H6/c9-7(8(10)11)6-4-2-1-3-5-6;3*1-2/h1-5,7,9H,(H,10,11);3*1-2H3. The van der Waals surface area contributed by atoms with Crippen LogP contribution in [-0.2, 0) is 4.79 Å². The number of carboxylic acid groups (broad SMARTS) is 1. The van der Waals surface area contributed by atoms with Gasteiger partial charge in [-0.2, -0.15) is 0 Å². The van der Waals surface area contributed by atoms with Gasteiger partial charge in [0.2, 0.25) is 0 Å². The molecule has 0 heterocycles. The normalized spacial score (nSPS) is 9.12. The second kappa shape index (κ2) is 17.1. The smallest absolute Gasteiger partial charge is 0.337 e. The highest BCUT2D eigenvalue weighted by Gasteiger charge is 2.14. The Balaban J connectivity index is -0.000000285. The fourth-order valence-corrected chi connectivity index (χ4v) is 0.778. The molecule has 3 nitrogen and oxygen atoms in total. The molecule has 0 aliphatic rings. The van der Waals surface area contributed by atoms with E-state index in [1.165, 1.54) is 0 Å². The van der Waals surface area contributed by atoms with Crippen molar-refractivity contribution in [3.05, 3.63) is 35.9 Å². The Labute approximate surface area is 105 Å². The fraction of sp³-hybridized carbons (Fsp3) is 0.500. The van der Waals surface area contributed by atoms with E-state index in [-0.39, 0.29) is 0 Å². The maximum Gasteiger partial charge on any atom is 0.337 e. The Morgan fingerprint density at radius 1 is 0.941 bits per heavy atom. The van der Waals surface area contributed by atoms with Crippen LogP contribution < -0.4 is 0 Å². The van der Waals surface area contributed by atoms with Crippen LogP contribution in [0.2, 0.25) is 0 Å². The molecule has 1 atom stereocenters. The first-order valence-corrected chi connectivity index (χ1v) is 6.17. The Bertz CT molecular complexity index is 245. The topological polar surface area (TPSA) is 57.5 Å². The number of aliphatic carboxylic acids is 1. The average molecular weight is 242 g/mol. The summed E-state index contributed by atoms with van der Waals surface area (Å²) in [7, 11) is 0. The van der Waals surface area contributed by atoms with Crippen molar-refractivity contribution in [1.29, 1.82) is 0 Å². The van der Waals surface area contributed by atoms with Gasteiger partial charge in [0.05, 0.1) is 0 Å². The third-order valence-corrected chi connectivity index (χ3v) is 1.35. The van der Waals surface area contributed by atoms with E-state index in [4.69, 9.17) is 10.2 Å². The molecule has 0 amide bonds. The maximum atomic E-state index is 10.2. The highest BCUT2D eigenvalue weighted by Crippen LogP contribution is 2.10. The van der Waals surface area contributed by atoms with Crippen LogP contribution in [0.5, 0.6) is 0 Å². The first-order chi connectivity index (χ1) is 8.22. The van der Waals surface area contributed by atoms with E-state index < -0.39 is 12.1 Å². The lowest BCUT2D eigenvalue weighted by Crippen LogP contribution is -2.09. The number of hydrogen-bond donors (Lipinski definition) is 2. The molecular weight excluding hydrogens is 216 g/mol. The third kappa shape index (κ3) is 10.9. The monoisotopic (exact) mass is 242 g/mol. The number of carbonyl (C=O) groups is 1. The molecule has 1 aromatic carbocycles. The zero-order valence-electron chi connectivity index (χ0n) is 11.8. The molecule has 0 saturated heterocycles. The largest absolute Gasteiger partial charge is 0.479 e. The van der Waals surface area contributed by atoms with Crippen LogP contribution in [0, 0.1) is 0 Å². The summed E-state index contributed by atoms with van der Waals surface area (Å²) in [5.41, 5.74) is 0.403. The van der Waals surface area contributed by atoms with Crippen molar-refractivity contribution in [2.24, 2.45) is 0 Å². The summed E-state index contributed by atoms with van der Waals surface area (Å²) >= 11 is 0. The first kappa shape index (κ1) is 21.0. The third-order valence-electron chi connectivity index (χ3n) is 1.35. The molecule has 0 saturated carbocycles. The van der Waals surface area contributed by atoms with Crippen molar-refractivity contribution in [1.82, 2.24) is 0 Å². The van der Waals surface area contributed by atoms with Gasteiger partial charge in [-0.15, -0.1) is 0 Å². The molecular formula is C14H26O3. The second-order valence-electron chi connectivity index (χ2n) is 2.15. The van der Waals surface area contributed by atoms with Crippen LogP contribution in [0.25, 0.3) is 0 Å². The molecule has 0 bridgehead atoms. The Morgan fingerprint density at radius 2 is 1.29 bits per heavy atom. The fourth-order valence-electron chi connectivity index (χ4n) is 0.778. The van der Waals surface area contributed by atoms with Gasteiger partial charge in [0.1, 0.15) is 0 Å². The molecule has 1 rings (SSSR count). The van der Waals surface area contributed by atoms with Gasteiger partial charge in [-0.1, -0.05) is 71.9 Å². The van der Waals surface area contributed by atoms with Crippen molar-refractivity contribution in [3.8, 4) is 0 Å². The van der Waals surface area contributed by atoms with Crippen molar-refractivity contribution >= 4 is 5.97 Å². The van der Waals surface area contributed by atoms with E-state index in [0.717, 1.165) is 0 Å². The van der Waals surface area contributed by atoms with Crippen molar-refractivity contribution < 1.29 is 15.0 Å². The molecule has 0 fully saturated rings. The van der Waals surface area contributed by atoms with E-state index in [9.17, 15) is 4.79 Å². The summed E-state index contributed by atoms with van der Waals surface area (Å²) in [6.07, 6.45) is -1.41. The van der Waals surface area contributed by atoms with Gasteiger partial charge >= 0.3 is 5.97 Å². The summed E-state index contributed by atoms with van der Waals surface area (Å²) in [5.74, 6) is -1.23. The van der Waals surface area contributed by atoms with E-state index in [1.807, 2.05) is 41.5 Å². The second-order valence-corrected chi connectivity index (χ2v) is 2.15. The van der Waals surface area contributed by atoms with E-state index in [2.05, 4.69) is 0 Å². The molecule has 0 aliphatic heterocycles. The lowest BCUT2D eigenvalue weighted by Gasteiger charge is -2.03. The number of aliphatic hydroxyl groups excluding tert-OH is 1. The highest BCUT2D eigenvalue weighted by molar-refractivity contribution is 5.73. The summed E-state index contributed by atoms with van der Waals surface area (Å²) in [4.78, 5) is 10.2. The summed E-state index contributed by atoms with van der Waals surface area (Å²) < 4.78 is 0. The highest BCUT2D eigenvalue weighted by atomic mass is 16.4. The maximum absolute atomic E-state index is 10.2.